The molecule has 0 bridgehead atoms. The highest BCUT2D eigenvalue weighted by atomic mass is 15.3. The van der Waals surface area contributed by atoms with Crippen LogP contribution in [-0.4, -0.2) is 46.6 Å². The molecule has 3 fully saturated rings. The number of hydrogen-bond acceptors (Lipinski definition) is 4. The van der Waals surface area contributed by atoms with E-state index in [1.165, 1.54) is 51.6 Å². The lowest BCUT2D eigenvalue weighted by Gasteiger charge is -2.45. The van der Waals surface area contributed by atoms with E-state index < -0.39 is 0 Å². The van der Waals surface area contributed by atoms with Gasteiger partial charge in [0.15, 0.2) is 0 Å². The van der Waals surface area contributed by atoms with Crippen LogP contribution in [0.5, 0.6) is 0 Å². The Morgan fingerprint density at radius 2 is 1.95 bits per heavy atom. The minimum atomic E-state index is 0.515. The summed E-state index contributed by atoms with van der Waals surface area (Å²) in [4.78, 5) is 13.9. The van der Waals surface area contributed by atoms with E-state index in [-0.39, 0.29) is 0 Å². The lowest BCUT2D eigenvalue weighted by Crippen LogP contribution is -2.52. The summed E-state index contributed by atoms with van der Waals surface area (Å²) >= 11 is 0. The Kier molecular flexibility index (Phi) is 3.14. The van der Waals surface area contributed by atoms with E-state index in [2.05, 4.69) is 19.8 Å². The second-order valence-electron chi connectivity index (χ2n) is 6.77. The molecule has 20 heavy (non-hydrogen) atoms. The summed E-state index contributed by atoms with van der Waals surface area (Å²) in [5.41, 5.74) is 0.515. The summed E-state index contributed by atoms with van der Waals surface area (Å²) in [6.45, 7) is 4.98. The third-order valence-corrected chi connectivity index (χ3v) is 5.48. The molecule has 1 saturated carbocycles. The first kappa shape index (κ1) is 12.6. The molecule has 0 aromatic carbocycles. The molecule has 3 aliphatic rings. The van der Waals surface area contributed by atoms with Crippen LogP contribution >= 0.6 is 0 Å². The highest BCUT2D eigenvalue weighted by Crippen LogP contribution is 2.42. The molecule has 0 N–H and O–H groups in total. The lowest BCUT2D eigenvalue weighted by molar-refractivity contribution is 0.102. The number of nitrogens with zero attached hydrogens (tertiary/aromatic N) is 4. The first-order valence-electron chi connectivity index (χ1n) is 8.12. The van der Waals surface area contributed by atoms with E-state index in [9.17, 15) is 0 Å². The number of anilines is 1. The van der Waals surface area contributed by atoms with E-state index in [0.717, 1.165) is 24.8 Å². The van der Waals surface area contributed by atoms with Crippen LogP contribution in [0.15, 0.2) is 18.6 Å². The maximum atomic E-state index is 4.44. The van der Waals surface area contributed by atoms with Crippen molar-refractivity contribution < 1.29 is 0 Å². The normalized spacial score (nSPS) is 26.3. The quantitative estimate of drug-likeness (QED) is 0.845. The molecule has 4 nitrogen and oxygen atoms in total. The van der Waals surface area contributed by atoms with Gasteiger partial charge in [-0.05, 0) is 51.0 Å². The van der Waals surface area contributed by atoms with Crippen LogP contribution in [0.4, 0.5) is 5.82 Å². The van der Waals surface area contributed by atoms with Gasteiger partial charge >= 0.3 is 0 Å². The summed E-state index contributed by atoms with van der Waals surface area (Å²) in [7, 11) is 0. The third kappa shape index (κ3) is 2.30. The monoisotopic (exact) mass is 272 g/mol. The lowest BCUT2D eigenvalue weighted by atomic mass is 9.85. The summed E-state index contributed by atoms with van der Waals surface area (Å²) in [5, 5.41) is 0. The van der Waals surface area contributed by atoms with Crippen LogP contribution in [-0.2, 0) is 0 Å². The van der Waals surface area contributed by atoms with Crippen molar-refractivity contribution in [2.75, 3.05) is 31.1 Å². The first-order valence-corrected chi connectivity index (χ1v) is 8.12. The molecule has 4 heteroatoms. The highest BCUT2D eigenvalue weighted by molar-refractivity contribution is 5.36. The zero-order valence-electron chi connectivity index (χ0n) is 12.2. The Morgan fingerprint density at radius 1 is 1.10 bits per heavy atom. The van der Waals surface area contributed by atoms with Crippen LogP contribution in [0.1, 0.15) is 38.5 Å². The van der Waals surface area contributed by atoms with Crippen molar-refractivity contribution >= 4 is 5.82 Å². The second kappa shape index (κ2) is 4.99. The van der Waals surface area contributed by atoms with Gasteiger partial charge in [-0.15, -0.1) is 0 Å². The maximum absolute atomic E-state index is 4.44. The smallest absolute Gasteiger partial charge is 0.147 e. The molecule has 0 radical (unpaired) electrons. The average Bonchev–Trinajstić information content (AvgIpc) is 3.24. The molecule has 0 atom stereocenters. The van der Waals surface area contributed by atoms with Crippen LogP contribution in [0, 0.1) is 5.92 Å². The van der Waals surface area contributed by atoms with Gasteiger partial charge in [-0.2, -0.15) is 0 Å². The number of hydrogen-bond donors (Lipinski definition) is 0. The molecule has 1 aliphatic carbocycles. The second-order valence-corrected chi connectivity index (χ2v) is 6.77. The molecule has 2 aliphatic heterocycles. The van der Waals surface area contributed by atoms with Crippen molar-refractivity contribution in [3.8, 4) is 0 Å². The van der Waals surface area contributed by atoms with Gasteiger partial charge < -0.3 is 4.90 Å². The third-order valence-electron chi connectivity index (χ3n) is 5.48. The summed E-state index contributed by atoms with van der Waals surface area (Å²) in [5.74, 6) is 2.07. The molecule has 0 amide bonds. The predicted octanol–water partition coefficient (Wildman–Crippen LogP) is 2.32. The van der Waals surface area contributed by atoms with Crippen LogP contribution < -0.4 is 4.90 Å². The highest BCUT2D eigenvalue weighted by Gasteiger charge is 2.44. The average molecular weight is 272 g/mol. The van der Waals surface area contributed by atoms with Gasteiger partial charge in [0.25, 0.3) is 0 Å². The molecular weight excluding hydrogens is 248 g/mol. The van der Waals surface area contributed by atoms with Crippen LogP contribution in [0.2, 0.25) is 0 Å². The van der Waals surface area contributed by atoms with Gasteiger partial charge in [0.2, 0.25) is 0 Å². The summed E-state index contributed by atoms with van der Waals surface area (Å²) in [6, 6.07) is 0. The summed E-state index contributed by atoms with van der Waals surface area (Å²) < 4.78 is 0. The zero-order valence-corrected chi connectivity index (χ0v) is 12.2. The van der Waals surface area contributed by atoms with Crippen molar-refractivity contribution in [1.29, 1.82) is 0 Å². The van der Waals surface area contributed by atoms with E-state index in [1.807, 2.05) is 6.20 Å². The van der Waals surface area contributed by atoms with Crippen molar-refractivity contribution in [2.45, 2.75) is 44.1 Å². The zero-order chi connectivity index (χ0) is 13.4. The van der Waals surface area contributed by atoms with Gasteiger partial charge in [0.05, 0.1) is 6.20 Å². The fraction of sp³-hybridized carbons (Fsp3) is 0.750. The van der Waals surface area contributed by atoms with Gasteiger partial charge in [-0.1, -0.05) is 0 Å². The molecule has 0 unspecified atom stereocenters. The van der Waals surface area contributed by atoms with Gasteiger partial charge in [-0.3, -0.25) is 9.88 Å². The molecule has 4 rings (SSSR count). The summed E-state index contributed by atoms with van der Waals surface area (Å²) in [6.07, 6.45) is 13.8. The topological polar surface area (TPSA) is 32.3 Å². The number of rotatable bonds is 3. The fourth-order valence-electron chi connectivity index (χ4n) is 4.06. The Balaban J connectivity index is 1.42. The Bertz CT molecular complexity index is 449. The van der Waals surface area contributed by atoms with E-state index in [0.29, 0.717) is 5.54 Å². The predicted molar refractivity (Wildman–Crippen MR) is 79.7 cm³/mol. The molecule has 1 aromatic heterocycles. The van der Waals surface area contributed by atoms with Crippen LogP contribution in [0.3, 0.4) is 0 Å². The fourth-order valence-corrected chi connectivity index (χ4v) is 4.06. The van der Waals surface area contributed by atoms with Crippen molar-refractivity contribution in [2.24, 2.45) is 5.92 Å². The minimum absolute atomic E-state index is 0.515. The molecule has 1 aromatic rings. The SMILES string of the molecule is c1cnc(N2CCC3(CCCN3CC3CC3)CC2)cn1. The van der Waals surface area contributed by atoms with Gasteiger partial charge in [0, 0.05) is 37.6 Å². The van der Waals surface area contributed by atoms with E-state index >= 15 is 0 Å². The number of piperidine rings is 1. The molecule has 2 saturated heterocycles. The van der Waals surface area contributed by atoms with E-state index in [1.54, 1.807) is 12.4 Å². The maximum Gasteiger partial charge on any atom is 0.147 e. The molecule has 3 heterocycles. The number of likely N-dealkylation sites (tertiary alicyclic amines) is 1. The van der Waals surface area contributed by atoms with Gasteiger partial charge in [-0.25, -0.2) is 4.98 Å². The first-order chi connectivity index (χ1) is 9.86. The molecule has 108 valence electrons. The van der Waals surface area contributed by atoms with Gasteiger partial charge in [0.1, 0.15) is 5.82 Å². The Morgan fingerprint density at radius 3 is 2.65 bits per heavy atom. The molecular formula is C16H24N4. The van der Waals surface area contributed by atoms with Crippen molar-refractivity contribution in [3.05, 3.63) is 18.6 Å². The molecule has 1 spiro atoms. The standard InChI is InChI=1S/C16H24N4/c1-4-16(20(9-1)13-14-2-3-14)5-10-19(11-6-16)15-12-17-7-8-18-15/h7-8,12,14H,1-6,9-11,13H2. The Hall–Kier alpha value is -1.16. The van der Waals surface area contributed by atoms with Crippen LogP contribution in [0.25, 0.3) is 0 Å². The number of aromatic nitrogens is 2. The van der Waals surface area contributed by atoms with Crippen molar-refractivity contribution in [3.63, 3.8) is 0 Å². The van der Waals surface area contributed by atoms with Crippen molar-refractivity contribution in [1.82, 2.24) is 14.9 Å². The Labute approximate surface area is 121 Å². The largest absolute Gasteiger partial charge is 0.355 e. The van der Waals surface area contributed by atoms with E-state index in [4.69, 9.17) is 0 Å². The minimum Gasteiger partial charge on any atom is -0.355 e.